The molecule has 0 aliphatic heterocycles. The van der Waals surface area contributed by atoms with E-state index in [-0.39, 0.29) is 11.3 Å². The smallest absolute Gasteiger partial charge is 0.237 e. The second-order valence-electron chi connectivity index (χ2n) is 5.76. The van der Waals surface area contributed by atoms with E-state index in [4.69, 9.17) is 5.73 Å². The summed E-state index contributed by atoms with van der Waals surface area (Å²) in [4.78, 5) is 11.8. The molecule has 5 nitrogen and oxygen atoms in total. The number of nitrogens with two attached hydrogens (primary N) is 1. The standard InChI is InChI=1S/C13H24N4O/c1-9-10(8-16-17-9)6-5-7-15-12(18)11(14)13(2,3)4/h8,11H,5-7,14H2,1-4H3,(H,15,18)(H,16,17)/t11-/m0/s1. The maximum absolute atomic E-state index is 11.8. The molecular weight excluding hydrogens is 228 g/mol. The van der Waals surface area contributed by atoms with E-state index < -0.39 is 6.04 Å². The number of rotatable bonds is 5. The molecule has 0 spiro atoms. The fraction of sp³-hybridized carbons (Fsp3) is 0.692. The predicted molar refractivity (Wildman–Crippen MR) is 72.1 cm³/mol. The Hall–Kier alpha value is -1.36. The van der Waals surface area contributed by atoms with Gasteiger partial charge in [-0.3, -0.25) is 9.89 Å². The lowest BCUT2D eigenvalue weighted by atomic mass is 9.87. The summed E-state index contributed by atoms with van der Waals surface area (Å²) in [7, 11) is 0. The highest BCUT2D eigenvalue weighted by molar-refractivity contribution is 5.82. The Kier molecular flexibility index (Phi) is 4.90. The lowest BCUT2D eigenvalue weighted by Gasteiger charge is -2.25. The first kappa shape index (κ1) is 14.7. The molecule has 4 N–H and O–H groups in total. The van der Waals surface area contributed by atoms with Crippen molar-refractivity contribution in [3.63, 3.8) is 0 Å². The third-order valence-corrected chi connectivity index (χ3v) is 3.07. The van der Waals surface area contributed by atoms with Crippen LogP contribution < -0.4 is 11.1 Å². The molecule has 0 aromatic carbocycles. The molecule has 0 saturated heterocycles. The number of hydrogen-bond acceptors (Lipinski definition) is 3. The van der Waals surface area contributed by atoms with Crippen LogP contribution in [0.2, 0.25) is 0 Å². The number of hydrogen-bond donors (Lipinski definition) is 3. The molecule has 0 radical (unpaired) electrons. The van der Waals surface area contributed by atoms with Crippen molar-refractivity contribution in [3.05, 3.63) is 17.5 Å². The molecule has 1 amide bonds. The molecule has 0 fully saturated rings. The minimum absolute atomic E-state index is 0.0774. The van der Waals surface area contributed by atoms with Crippen molar-refractivity contribution in [3.8, 4) is 0 Å². The predicted octanol–water partition coefficient (Wildman–Crippen LogP) is 1.14. The monoisotopic (exact) mass is 252 g/mol. The van der Waals surface area contributed by atoms with Gasteiger partial charge in [0.1, 0.15) is 0 Å². The van der Waals surface area contributed by atoms with Crippen molar-refractivity contribution >= 4 is 5.91 Å². The Morgan fingerprint density at radius 1 is 1.56 bits per heavy atom. The number of H-pyrrole nitrogens is 1. The molecule has 0 aliphatic carbocycles. The number of carbonyl (C=O) groups is 1. The van der Waals surface area contributed by atoms with Gasteiger partial charge in [-0.2, -0.15) is 5.10 Å². The van der Waals surface area contributed by atoms with Gasteiger partial charge in [-0.25, -0.2) is 0 Å². The zero-order chi connectivity index (χ0) is 13.8. The first-order chi connectivity index (χ1) is 8.32. The maximum atomic E-state index is 11.8. The number of nitrogens with one attached hydrogen (secondary N) is 2. The van der Waals surface area contributed by atoms with Gasteiger partial charge in [0.2, 0.25) is 5.91 Å². The summed E-state index contributed by atoms with van der Waals surface area (Å²) in [5.41, 5.74) is 7.95. The minimum Gasteiger partial charge on any atom is -0.355 e. The number of aryl methyl sites for hydroxylation is 2. The number of carbonyl (C=O) groups excluding carboxylic acids is 1. The summed E-state index contributed by atoms with van der Waals surface area (Å²) < 4.78 is 0. The number of nitrogens with zero attached hydrogens (tertiary/aromatic N) is 1. The average molecular weight is 252 g/mol. The van der Waals surface area contributed by atoms with Crippen LogP contribution >= 0.6 is 0 Å². The third-order valence-electron chi connectivity index (χ3n) is 3.07. The molecular formula is C13H24N4O. The second kappa shape index (κ2) is 6.00. The normalized spacial score (nSPS) is 13.4. The van der Waals surface area contributed by atoms with Crippen LogP contribution in [0.5, 0.6) is 0 Å². The van der Waals surface area contributed by atoms with Crippen molar-refractivity contribution in [2.24, 2.45) is 11.1 Å². The molecule has 1 heterocycles. The zero-order valence-corrected chi connectivity index (χ0v) is 11.7. The van der Waals surface area contributed by atoms with Crippen molar-refractivity contribution in [2.75, 3.05) is 6.54 Å². The van der Waals surface area contributed by atoms with Crippen LogP contribution in [0.15, 0.2) is 6.20 Å². The lowest BCUT2D eigenvalue weighted by Crippen LogP contribution is -2.48. The van der Waals surface area contributed by atoms with E-state index in [0.29, 0.717) is 6.54 Å². The van der Waals surface area contributed by atoms with Gasteiger partial charge in [0.25, 0.3) is 0 Å². The Labute approximate surface area is 109 Å². The van der Waals surface area contributed by atoms with Crippen LogP contribution in [0.1, 0.15) is 38.4 Å². The van der Waals surface area contributed by atoms with E-state index in [1.54, 1.807) is 0 Å². The van der Waals surface area contributed by atoms with E-state index >= 15 is 0 Å². The van der Waals surface area contributed by atoms with Crippen LogP contribution in [0.4, 0.5) is 0 Å². The highest BCUT2D eigenvalue weighted by atomic mass is 16.2. The summed E-state index contributed by atoms with van der Waals surface area (Å²) in [6, 6.07) is -0.465. The van der Waals surface area contributed by atoms with Gasteiger partial charge in [-0.05, 0) is 30.7 Å². The first-order valence-corrected chi connectivity index (χ1v) is 6.34. The largest absolute Gasteiger partial charge is 0.355 e. The molecule has 0 bridgehead atoms. The van der Waals surface area contributed by atoms with E-state index in [1.165, 1.54) is 5.56 Å². The Morgan fingerprint density at radius 3 is 2.72 bits per heavy atom. The van der Waals surface area contributed by atoms with Gasteiger partial charge >= 0.3 is 0 Å². The fourth-order valence-electron chi connectivity index (χ4n) is 1.62. The molecule has 102 valence electrons. The first-order valence-electron chi connectivity index (χ1n) is 6.34. The van der Waals surface area contributed by atoms with Crippen LogP contribution in [-0.2, 0) is 11.2 Å². The van der Waals surface area contributed by atoms with Gasteiger partial charge in [0.15, 0.2) is 0 Å². The summed E-state index contributed by atoms with van der Waals surface area (Å²) in [5, 5.41) is 9.74. The summed E-state index contributed by atoms with van der Waals surface area (Å²) in [6.45, 7) is 8.54. The fourth-order valence-corrected chi connectivity index (χ4v) is 1.62. The van der Waals surface area contributed by atoms with Gasteiger partial charge in [0.05, 0.1) is 12.2 Å². The van der Waals surface area contributed by atoms with Crippen molar-refractivity contribution in [2.45, 2.75) is 46.6 Å². The van der Waals surface area contributed by atoms with Crippen molar-refractivity contribution in [1.29, 1.82) is 0 Å². The molecule has 18 heavy (non-hydrogen) atoms. The topological polar surface area (TPSA) is 83.8 Å². The Bertz CT molecular complexity index is 392. The van der Waals surface area contributed by atoms with Crippen molar-refractivity contribution in [1.82, 2.24) is 15.5 Å². The summed E-state index contributed by atoms with van der Waals surface area (Å²) >= 11 is 0. The van der Waals surface area contributed by atoms with Gasteiger partial charge in [-0.1, -0.05) is 20.8 Å². The lowest BCUT2D eigenvalue weighted by molar-refractivity contribution is -0.124. The van der Waals surface area contributed by atoms with Crippen LogP contribution in [0, 0.1) is 12.3 Å². The summed E-state index contributed by atoms with van der Waals surface area (Å²) in [5.74, 6) is -0.0774. The van der Waals surface area contributed by atoms with Crippen LogP contribution in [0.25, 0.3) is 0 Å². The number of amides is 1. The quantitative estimate of drug-likeness (QED) is 0.687. The molecule has 0 saturated carbocycles. The third kappa shape index (κ3) is 4.14. The second-order valence-corrected chi connectivity index (χ2v) is 5.76. The molecule has 1 aromatic rings. The molecule has 0 aliphatic rings. The SMILES string of the molecule is Cc1[nH]ncc1CCCNC(=O)[C@H](N)C(C)(C)C. The zero-order valence-electron chi connectivity index (χ0n) is 11.7. The molecule has 1 aromatic heterocycles. The number of aromatic amines is 1. The molecule has 0 unspecified atom stereocenters. The average Bonchev–Trinajstić information content (AvgIpc) is 2.68. The van der Waals surface area contributed by atoms with E-state index in [1.807, 2.05) is 33.9 Å². The van der Waals surface area contributed by atoms with Crippen molar-refractivity contribution < 1.29 is 4.79 Å². The highest BCUT2D eigenvalue weighted by Gasteiger charge is 2.26. The molecule has 5 heteroatoms. The van der Waals surface area contributed by atoms with Gasteiger partial charge < -0.3 is 11.1 Å². The Balaban J connectivity index is 2.26. The minimum atomic E-state index is -0.465. The molecule has 1 atom stereocenters. The van der Waals surface area contributed by atoms with E-state index in [9.17, 15) is 4.79 Å². The summed E-state index contributed by atoms with van der Waals surface area (Å²) in [6.07, 6.45) is 3.63. The van der Waals surface area contributed by atoms with Gasteiger partial charge in [0, 0.05) is 12.2 Å². The highest BCUT2D eigenvalue weighted by Crippen LogP contribution is 2.17. The van der Waals surface area contributed by atoms with E-state index in [0.717, 1.165) is 18.5 Å². The van der Waals surface area contributed by atoms with E-state index in [2.05, 4.69) is 15.5 Å². The molecule has 1 rings (SSSR count). The van der Waals surface area contributed by atoms with Gasteiger partial charge in [-0.15, -0.1) is 0 Å². The van der Waals surface area contributed by atoms with Crippen LogP contribution in [0.3, 0.4) is 0 Å². The van der Waals surface area contributed by atoms with Crippen LogP contribution in [-0.4, -0.2) is 28.7 Å². The maximum Gasteiger partial charge on any atom is 0.237 e. The number of aromatic nitrogens is 2. The Morgan fingerprint density at radius 2 is 2.22 bits per heavy atom.